The van der Waals surface area contributed by atoms with Crippen molar-refractivity contribution in [1.82, 2.24) is 9.29 Å². The molecule has 0 amide bonds. The first-order chi connectivity index (χ1) is 13.3. The number of furan rings is 1. The summed E-state index contributed by atoms with van der Waals surface area (Å²) in [7, 11) is -4.04. The van der Waals surface area contributed by atoms with Crippen LogP contribution in [0.5, 0.6) is 0 Å². The maximum absolute atomic E-state index is 13.5. The molecule has 1 aromatic carbocycles. The summed E-state index contributed by atoms with van der Waals surface area (Å²) in [6, 6.07) is 9.31. The predicted molar refractivity (Wildman–Crippen MR) is 102 cm³/mol. The van der Waals surface area contributed by atoms with E-state index in [1.165, 1.54) is 16.6 Å². The van der Waals surface area contributed by atoms with E-state index < -0.39 is 14.9 Å². The van der Waals surface area contributed by atoms with Crippen LogP contribution >= 0.6 is 0 Å². The second kappa shape index (κ2) is 7.91. The molecule has 0 N–H and O–H groups in total. The largest absolute Gasteiger partial charge is 0.468 e. The summed E-state index contributed by atoms with van der Waals surface area (Å²) in [5.41, 5.74) is 1.44. The summed E-state index contributed by atoms with van der Waals surface area (Å²) in [5.74, 6) is 0.465. The number of pyridine rings is 1. The van der Waals surface area contributed by atoms with Gasteiger partial charge in [0.25, 0.3) is 5.69 Å². The van der Waals surface area contributed by atoms with Crippen LogP contribution in [0.25, 0.3) is 0 Å². The Labute approximate surface area is 162 Å². The number of nitrogens with zero attached hydrogens (tertiary/aromatic N) is 3. The van der Waals surface area contributed by atoms with Crippen molar-refractivity contribution in [3.63, 3.8) is 0 Å². The minimum absolute atomic E-state index is 0.00852. The SMILES string of the molecule is Cc1cc([N+](=O)[O-])cc(S(=O)(=O)N(Cc2cccnc2)Cc2ccco2)c1C. The number of nitro benzene ring substituents is 1. The quantitative estimate of drug-likeness (QED) is 0.442. The molecule has 8 nitrogen and oxygen atoms in total. The number of aryl methyl sites for hydroxylation is 1. The number of sulfonamides is 1. The summed E-state index contributed by atoms with van der Waals surface area (Å²) in [6.07, 6.45) is 4.64. The number of aromatic nitrogens is 1. The molecule has 2 aromatic heterocycles. The highest BCUT2D eigenvalue weighted by Crippen LogP contribution is 2.29. The van der Waals surface area contributed by atoms with Crippen molar-refractivity contribution in [3.05, 3.63) is 87.6 Å². The zero-order valence-corrected chi connectivity index (χ0v) is 16.2. The Morgan fingerprint density at radius 1 is 1.18 bits per heavy atom. The number of benzene rings is 1. The fourth-order valence-electron chi connectivity index (χ4n) is 2.82. The van der Waals surface area contributed by atoms with Crippen molar-refractivity contribution < 1.29 is 17.8 Å². The Morgan fingerprint density at radius 3 is 2.57 bits per heavy atom. The molecule has 0 unspecified atom stereocenters. The third-order valence-corrected chi connectivity index (χ3v) is 6.35. The van der Waals surface area contributed by atoms with Crippen molar-refractivity contribution in [3.8, 4) is 0 Å². The van der Waals surface area contributed by atoms with Crippen molar-refractivity contribution in [2.45, 2.75) is 31.8 Å². The van der Waals surface area contributed by atoms with Crippen LogP contribution in [0.3, 0.4) is 0 Å². The summed E-state index contributed by atoms with van der Waals surface area (Å²) in [4.78, 5) is 14.6. The normalized spacial score (nSPS) is 11.7. The molecule has 0 fully saturated rings. The standard InChI is InChI=1S/C19H19N3O5S/c1-14-9-17(22(23)24)10-19(15(14)2)28(25,26)21(13-18-6-4-8-27-18)12-16-5-3-7-20-11-16/h3-11H,12-13H2,1-2H3. The first kappa shape index (κ1) is 19.7. The van der Waals surface area contributed by atoms with Crippen molar-refractivity contribution >= 4 is 15.7 Å². The third-order valence-electron chi connectivity index (χ3n) is 4.43. The van der Waals surface area contributed by atoms with Gasteiger partial charge in [-0.05, 0) is 48.7 Å². The lowest BCUT2D eigenvalue weighted by molar-refractivity contribution is -0.385. The van der Waals surface area contributed by atoms with Gasteiger partial charge in [-0.3, -0.25) is 15.1 Å². The van der Waals surface area contributed by atoms with E-state index in [0.29, 0.717) is 22.5 Å². The van der Waals surface area contributed by atoms with Gasteiger partial charge in [0.05, 0.1) is 22.6 Å². The highest BCUT2D eigenvalue weighted by atomic mass is 32.2. The number of non-ortho nitro benzene ring substituents is 1. The topological polar surface area (TPSA) is 107 Å². The molecule has 9 heteroatoms. The van der Waals surface area contributed by atoms with Crippen molar-refractivity contribution in [2.75, 3.05) is 0 Å². The lowest BCUT2D eigenvalue weighted by atomic mass is 10.1. The maximum atomic E-state index is 13.5. The molecule has 0 saturated heterocycles. The lowest BCUT2D eigenvalue weighted by Gasteiger charge is -2.22. The summed E-state index contributed by atoms with van der Waals surface area (Å²) in [5, 5.41) is 11.2. The molecule has 0 bridgehead atoms. The monoisotopic (exact) mass is 401 g/mol. The third kappa shape index (κ3) is 4.10. The van der Waals surface area contributed by atoms with Crippen molar-refractivity contribution in [1.29, 1.82) is 0 Å². The molecule has 0 spiro atoms. The van der Waals surface area contributed by atoms with E-state index in [4.69, 9.17) is 4.42 Å². The molecule has 0 radical (unpaired) electrons. The highest BCUT2D eigenvalue weighted by Gasteiger charge is 2.30. The molecule has 3 rings (SSSR count). The molecular formula is C19H19N3O5S. The zero-order valence-electron chi connectivity index (χ0n) is 15.4. The van der Waals surface area contributed by atoms with Crippen LogP contribution in [0.1, 0.15) is 22.5 Å². The van der Waals surface area contributed by atoms with Crippen LogP contribution in [0, 0.1) is 24.0 Å². The second-order valence-corrected chi connectivity index (χ2v) is 8.26. The summed E-state index contributed by atoms with van der Waals surface area (Å²) in [6.45, 7) is 3.34. The van der Waals surface area contributed by atoms with Crippen LogP contribution in [0.2, 0.25) is 0 Å². The van der Waals surface area contributed by atoms with Crippen LogP contribution in [-0.2, 0) is 23.1 Å². The molecule has 0 atom stereocenters. The van der Waals surface area contributed by atoms with E-state index in [2.05, 4.69) is 4.98 Å². The molecule has 28 heavy (non-hydrogen) atoms. The van der Waals surface area contributed by atoms with Crippen molar-refractivity contribution in [2.24, 2.45) is 0 Å². The first-order valence-corrected chi connectivity index (χ1v) is 9.90. The van der Waals surface area contributed by atoms with Gasteiger partial charge in [0, 0.05) is 31.1 Å². The molecule has 146 valence electrons. The Morgan fingerprint density at radius 2 is 1.96 bits per heavy atom. The fraction of sp³-hybridized carbons (Fsp3) is 0.211. The first-order valence-electron chi connectivity index (χ1n) is 8.46. The van der Waals surface area contributed by atoms with Gasteiger partial charge in [-0.1, -0.05) is 6.07 Å². The molecular weight excluding hydrogens is 382 g/mol. The Kier molecular flexibility index (Phi) is 5.57. The molecule has 0 saturated carbocycles. The van der Waals surface area contributed by atoms with E-state index in [0.717, 1.165) is 6.07 Å². The minimum atomic E-state index is -4.04. The van der Waals surface area contributed by atoms with Gasteiger partial charge in [-0.15, -0.1) is 0 Å². The van der Waals surface area contributed by atoms with E-state index in [1.54, 1.807) is 50.5 Å². The second-order valence-electron chi connectivity index (χ2n) is 6.36. The molecule has 3 aromatic rings. The number of rotatable bonds is 7. The lowest BCUT2D eigenvalue weighted by Crippen LogP contribution is -2.31. The number of hydrogen-bond donors (Lipinski definition) is 0. The van der Waals surface area contributed by atoms with Gasteiger partial charge in [0.2, 0.25) is 10.0 Å². The summed E-state index contributed by atoms with van der Waals surface area (Å²) >= 11 is 0. The molecule has 0 aliphatic rings. The number of hydrogen-bond acceptors (Lipinski definition) is 6. The smallest absolute Gasteiger partial charge is 0.271 e. The van der Waals surface area contributed by atoms with Crippen LogP contribution < -0.4 is 0 Å². The van der Waals surface area contributed by atoms with Crippen LogP contribution in [-0.4, -0.2) is 22.6 Å². The Hall–Kier alpha value is -3.04. The van der Waals surface area contributed by atoms with Gasteiger partial charge in [-0.25, -0.2) is 8.42 Å². The number of nitro groups is 1. The fourth-order valence-corrected chi connectivity index (χ4v) is 4.53. The van der Waals surface area contributed by atoms with E-state index in [1.807, 2.05) is 0 Å². The molecule has 2 heterocycles. The van der Waals surface area contributed by atoms with Gasteiger partial charge in [0.1, 0.15) is 5.76 Å². The molecule has 0 aliphatic carbocycles. The van der Waals surface area contributed by atoms with E-state index in [-0.39, 0.29) is 23.7 Å². The van der Waals surface area contributed by atoms with Gasteiger partial charge >= 0.3 is 0 Å². The van der Waals surface area contributed by atoms with Gasteiger partial charge < -0.3 is 4.42 Å². The maximum Gasteiger partial charge on any atom is 0.271 e. The van der Waals surface area contributed by atoms with Crippen LogP contribution in [0.4, 0.5) is 5.69 Å². The van der Waals surface area contributed by atoms with Gasteiger partial charge in [-0.2, -0.15) is 4.31 Å². The average molecular weight is 401 g/mol. The van der Waals surface area contributed by atoms with Crippen LogP contribution in [0.15, 0.2) is 64.4 Å². The minimum Gasteiger partial charge on any atom is -0.468 e. The Bertz CT molecular complexity index is 1080. The summed E-state index contributed by atoms with van der Waals surface area (Å²) < 4.78 is 33.5. The Balaban J connectivity index is 2.08. The van der Waals surface area contributed by atoms with E-state index in [9.17, 15) is 18.5 Å². The van der Waals surface area contributed by atoms with E-state index >= 15 is 0 Å². The zero-order chi connectivity index (χ0) is 20.3. The van der Waals surface area contributed by atoms with Gasteiger partial charge in [0.15, 0.2) is 0 Å². The molecule has 0 aliphatic heterocycles. The average Bonchev–Trinajstić information content (AvgIpc) is 3.17. The highest BCUT2D eigenvalue weighted by molar-refractivity contribution is 7.89. The predicted octanol–water partition coefficient (Wildman–Crippen LogP) is 3.59.